The Kier molecular flexibility index (Phi) is 8.54. The smallest absolute Gasteiger partial charge is 0.308 e. The topological polar surface area (TPSA) is 92.8 Å². The first-order valence-corrected chi connectivity index (χ1v) is 10.1. The number of hydrogen-bond acceptors (Lipinski definition) is 6. The number of Topliss-reactive ketones (excluding diaryl/α,β-unsaturated/α-hetero) is 1. The minimum absolute atomic E-state index is 0.0531. The number of esters is 1. The number of benzene rings is 1. The van der Waals surface area contributed by atoms with E-state index in [1.165, 1.54) is 16.2 Å². The number of carbonyl (C=O) groups excluding carboxylic acids is 4. The summed E-state index contributed by atoms with van der Waals surface area (Å²) in [6.07, 6.45) is -0.936. The van der Waals surface area contributed by atoms with Crippen LogP contribution in [0.5, 0.6) is 0 Å². The maximum Gasteiger partial charge on any atom is 0.308 e. The van der Waals surface area contributed by atoms with Gasteiger partial charge in [0.05, 0.1) is 11.3 Å². The van der Waals surface area contributed by atoms with Crippen LogP contribution in [-0.4, -0.2) is 49.1 Å². The molecule has 2 rings (SSSR count). The van der Waals surface area contributed by atoms with E-state index < -0.39 is 12.1 Å². The molecular formula is C21H24N2O5S. The lowest BCUT2D eigenvalue weighted by Crippen LogP contribution is -2.32. The summed E-state index contributed by atoms with van der Waals surface area (Å²) >= 11 is 1.34. The third-order valence-corrected chi connectivity index (χ3v) is 4.95. The first kappa shape index (κ1) is 22.3. The Balaban J connectivity index is 1.77. The van der Waals surface area contributed by atoms with Crippen molar-refractivity contribution in [2.75, 3.05) is 20.6 Å². The molecule has 0 aliphatic rings. The molecule has 29 heavy (non-hydrogen) atoms. The third-order valence-electron chi connectivity index (χ3n) is 4.04. The molecule has 2 amide bonds. The van der Waals surface area contributed by atoms with Crippen LogP contribution >= 0.6 is 11.3 Å². The van der Waals surface area contributed by atoms with E-state index in [9.17, 15) is 19.2 Å². The van der Waals surface area contributed by atoms with E-state index in [4.69, 9.17) is 4.74 Å². The average molecular weight is 416 g/mol. The quantitative estimate of drug-likeness (QED) is 0.475. The fraction of sp³-hybridized carbons (Fsp3) is 0.333. The summed E-state index contributed by atoms with van der Waals surface area (Å²) in [5, 5.41) is 4.40. The van der Waals surface area contributed by atoms with Gasteiger partial charge in [0.2, 0.25) is 12.0 Å². The molecule has 0 radical (unpaired) electrons. The number of ether oxygens (including phenoxy) is 1. The van der Waals surface area contributed by atoms with E-state index in [0.717, 1.165) is 0 Å². The second-order valence-electron chi connectivity index (χ2n) is 6.51. The molecule has 0 aliphatic carbocycles. The Morgan fingerprint density at radius 2 is 1.72 bits per heavy atom. The van der Waals surface area contributed by atoms with Crippen LogP contribution in [0.15, 0.2) is 47.8 Å². The minimum atomic E-state index is -1.03. The van der Waals surface area contributed by atoms with Crippen molar-refractivity contribution in [3.05, 3.63) is 58.3 Å². The number of ketones is 1. The van der Waals surface area contributed by atoms with Crippen molar-refractivity contribution >= 4 is 34.9 Å². The molecule has 7 nitrogen and oxygen atoms in total. The van der Waals surface area contributed by atoms with E-state index in [-0.39, 0.29) is 43.4 Å². The van der Waals surface area contributed by atoms with Crippen molar-refractivity contribution in [3.63, 3.8) is 0 Å². The van der Waals surface area contributed by atoms with Gasteiger partial charge in [0.1, 0.15) is 0 Å². The van der Waals surface area contributed by atoms with Crippen molar-refractivity contribution in [1.82, 2.24) is 10.2 Å². The summed E-state index contributed by atoms with van der Waals surface area (Å²) in [6.45, 7) is 0.0719. The van der Waals surface area contributed by atoms with Gasteiger partial charge in [-0.05, 0) is 11.4 Å². The second kappa shape index (κ2) is 11.1. The zero-order valence-electron chi connectivity index (χ0n) is 16.4. The summed E-state index contributed by atoms with van der Waals surface area (Å²) < 4.78 is 5.35. The average Bonchev–Trinajstić information content (AvgIpc) is 3.25. The van der Waals surface area contributed by atoms with Crippen LogP contribution < -0.4 is 5.32 Å². The molecule has 154 valence electrons. The van der Waals surface area contributed by atoms with Gasteiger partial charge in [0, 0.05) is 39.0 Å². The predicted octanol–water partition coefficient (Wildman–Crippen LogP) is 2.59. The lowest BCUT2D eigenvalue weighted by atomic mass is 10.1. The van der Waals surface area contributed by atoms with Crippen molar-refractivity contribution in [3.8, 4) is 0 Å². The van der Waals surface area contributed by atoms with Crippen molar-refractivity contribution < 1.29 is 23.9 Å². The normalized spacial score (nSPS) is 11.4. The van der Waals surface area contributed by atoms with Gasteiger partial charge in [-0.25, -0.2) is 0 Å². The summed E-state index contributed by atoms with van der Waals surface area (Å²) in [4.78, 5) is 50.3. The van der Waals surface area contributed by atoms with Crippen molar-refractivity contribution in [1.29, 1.82) is 0 Å². The first-order chi connectivity index (χ1) is 13.9. The Morgan fingerprint density at radius 1 is 1.00 bits per heavy atom. The highest BCUT2D eigenvalue weighted by atomic mass is 32.1. The largest absolute Gasteiger partial charge is 0.447 e. The van der Waals surface area contributed by atoms with Crippen LogP contribution in [0.25, 0.3) is 0 Å². The lowest BCUT2D eigenvalue weighted by Gasteiger charge is -2.21. The standard InChI is InChI=1S/C21H24N2O5S/c1-23(2)21(27)20(15-7-4-3-5-8-15)28-19(26)12-13-22-18(25)11-10-16(24)17-9-6-14-29-17/h3-9,14,20H,10-13H2,1-2H3,(H,22,25). The highest BCUT2D eigenvalue weighted by Crippen LogP contribution is 2.20. The molecule has 2 aromatic rings. The third kappa shape index (κ3) is 7.15. The number of hydrogen-bond donors (Lipinski definition) is 1. The van der Waals surface area contributed by atoms with E-state index in [1.54, 1.807) is 56.6 Å². The summed E-state index contributed by atoms with van der Waals surface area (Å²) in [7, 11) is 3.17. The fourth-order valence-corrected chi connectivity index (χ4v) is 3.19. The molecule has 0 aliphatic heterocycles. The summed E-state index contributed by atoms with van der Waals surface area (Å²) in [6, 6.07) is 12.3. The van der Waals surface area contributed by atoms with Crippen LogP contribution in [0.3, 0.4) is 0 Å². The van der Waals surface area contributed by atoms with Gasteiger partial charge in [-0.2, -0.15) is 0 Å². The van der Waals surface area contributed by atoms with Gasteiger partial charge >= 0.3 is 5.97 Å². The zero-order valence-corrected chi connectivity index (χ0v) is 17.2. The number of nitrogens with zero attached hydrogens (tertiary/aromatic N) is 1. The molecule has 1 heterocycles. The molecule has 0 bridgehead atoms. The van der Waals surface area contributed by atoms with Crippen LogP contribution in [-0.2, 0) is 19.1 Å². The number of amides is 2. The maximum absolute atomic E-state index is 12.4. The Morgan fingerprint density at radius 3 is 2.34 bits per heavy atom. The molecule has 0 spiro atoms. The van der Waals surface area contributed by atoms with E-state index >= 15 is 0 Å². The maximum atomic E-state index is 12.4. The van der Waals surface area contributed by atoms with E-state index in [1.807, 2.05) is 5.38 Å². The molecule has 0 fully saturated rings. The van der Waals surface area contributed by atoms with Gasteiger partial charge in [-0.3, -0.25) is 19.2 Å². The zero-order chi connectivity index (χ0) is 21.2. The van der Waals surface area contributed by atoms with Gasteiger partial charge < -0.3 is 15.0 Å². The number of likely N-dealkylation sites (N-methyl/N-ethyl adjacent to an activating group) is 1. The van der Waals surface area contributed by atoms with Gasteiger partial charge in [0.15, 0.2) is 5.78 Å². The molecule has 1 atom stereocenters. The lowest BCUT2D eigenvalue weighted by molar-refractivity contribution is -0.159. The molecule has 0 saturated heterocycles. The van der Waals surface area contributed by atoms with E-state index in [2.05, 4.69) is 5.32 Å². The van der Waals surface area contributed by atoms with Crippen molar-refractivity contribution in [2.24, 2.45) is 0 Å². The molecule has 1 N–H and O–H groups in total. The number of thiophene rings is 1. The summed E-state index contributed by atoms with van der Waals surface area (Å²) in [5.41, 5.74) is 0.579. The highest BCUT2D eigenvalue weighted by molar-refractivity contribution is 7.12. The minimum Gasteiger partial charge on any atom is -0.447 e. The second-order valence-corrected chi connectivity index (χ2v) is 7.46. The van der Waals surface area contributed by atoms with Crippen LogP contribution in [0, 0.1) is 0 Å². The molecule has 1 aromatic carbocycles. The van der Waals surface area contributed by atoms with Crippen LogP contribution in [0.4, 0.5) is 0 Å². The molecular weight excluding hydrogens is 392 g/mol. The molecule has 0 saturated carbocycles. The number of carbonyl (C=O) groups is 4. The SMILES string of the molecule is CN(C)C(=O)C(OC(=O)CCNC(=O)CCC(=O)c1cccs1)c1ccccc1. The van der Waals surface area contributed by atoms with E-state index in [0.29, 0.717) is 10.4 Å². The molecule has 8 heteroatoms. The Hall–Kier alpha value is -3.00. The predicted molar refractivity (Wildman–Crippen MR) is 109 cm³/mol. The van der Waals surface area contributed by atoms with Gasteiger partial charge in [0.25, 0.3) is 5.91 Å². The number of rotatable bonds is 10. The summed E-state index contributed by atoms with van der Waals surface area (Å²) in [5.74, 6) is -1.33. The Bertz CT molecular complexity index is 834. The number of nitrogens with one attached hydrogen (secondary N) is 1. The fourth-order valence-electron chi connectivity index (χ4n) is 2.49. The molecule has 1 unspecified atom stereocenters. The van der Waals surface area contributed by atoms with Crippen LogP contribution in [0.2, 0.25) is 0 Å². The van der Waals surface area contributed by atoms with Gasteiger partial charge in [-0.1, -0.05) is 36.4 Å². The van der Waals surface area contributed by atoms with Crippen LogP contribution in [0.1, 0.15) is 40.6 Å². The first-order valence-electron chi connectivity index (χ1n) is 9.17. The van der Waals surface area contributed by atoms with Crippen molar-refractivity contribution in [2.45, 2.75) is 25.4 Å². The highest BCUT2D eigenvalue weighted by Gasteiger charge is 2.26. The Labute approximate surface area is 173 Å². The van der Waals surface area contributed by atoms with Gasteiger partial charge in [-0.15, -0.1) is 11.3 Å². The monoisotopic (exact) mass is 416 g/mol. The molecule has 1 aromatic heterocycles.